The van der Waals surface area contributed by atoms with Gasteiger partial charge in [0.25, 0.3) is 0 Å². The van der Waals surface area contributed by atoms with Gasteiger partial charge in [0.2, 0.25) is 0 Å². The van der Waals surface area contributed by atoms with Gasteiger partial charge in [0.1, 0.15) is 5.75 Å². The van der Waals surface area contributed by atoms with Gasteiger partial charge in [-0.05, 0) is 36.4 Å². The summed E-state index contributed by atoms with van der Waals surface area (Å²) in [7, 11) is 0. The fourth-order valence-electron chi connectivity index (χ4n) is 1.28. The molecule has 0 aliphatic rings. The number of halogens is 3. The van der Waals surface area contributed by atoms with Gasteiger partial charge in [-0.1, -0.05) is 46.6 Å². The average molecular weight is 306 g/mol. The lowest BCUT2D eigenvalue weighted by atomic mass is 10.3. The molecule has 2 aromatic rings. The van der Waals surface area contributed by atoms with Crippen LogP contribution in [-0.2, 0) is 0 Å². The maximum atomic E-state index is 9.69. The van der Waals surface area contributed by atoms with Crippen LogP contribution in [0.25, 0.3) is 0 Å². The number of hydrogen-bond acceptors (Lipinski definition) is 2. The van der Waals surface area contributed by atoms with E-state index < -0.39 is 0 Å². The first-order valence-corrected chi connectivity index (χ1v) is 6.62. The summed E-state index contributed by atoms with van der Waals surface area (Å²) in [5, 5.41) is 11.4. The van der Waals surface area contributed by atoms with Crippen molar-refractivity contribution in [1.82, 2.24) is 0 Å². The van der Waals surface area contributed by atoms with Crippen molar-refractivity contribution in [3.63, 3.8) is 0 Å². The Morgan fingerprint density at radius 1 is 0.824 bits per heavy atom. The molecule has 0 radical (unpaired) electrons. The zero-order valence-corrected chi connectivity index (χ0v) is 11.5. The third kappa shape index (κ3) is 3.46. The largest absolute Gasteiger partial charge is 0.507 e. The van der Waals surface area contributed by atoms with E-state index in [9.17, 15) is 5.11 Å². The van der Waals surface area contributed by atoms with Gasteiger partial charge in [-0.3, -0.25) is 0 Å². The summed E-state index contributed by atoms with van der Waals surface area (Å²) in [5.74, 6) is 0.176. The molecule has 0 bridgehead atoms. The zero-order chi connectivity index (χ0) is 12.4. The first kappa shape index (κ1) is 12.9. The molecule has 0 saturated carbocycles. The van der Waals surface area contributed by atoms with Crippen LogP contribution in [0.4, 0.5) is 0 Å². The van der Waals surface area contributed by atoms with Crippen molar-refractivity contribution in [3.05, 3.63) is 51.5 Å². The van der Waals surface area contributed by atoms with Crippen LogP contribution in [0.15, 0.2) is 46.2 Å². The predicted octanol–water partition coefficient (Wildman–Crippen LogP) is 5.50. The minimum atomic E-state index is 0.176. The van der Waals surface area contributed by atoms with Crippen LogP contribution in [0.1, 0.15) is 0 Å². The molecule has 0 amide bonds. The third-order valence-electron chi connectivity index (χ3n) is 1.99. The SMILES string of the molecule is Oc1ccc(Cl)cc1Sc1cc(Cl)cc(Cl)c1. The molecule has 1 nitrogen and oxygen atoms in total. The van der Waals surface area contributed by atoms with Crippen molar-refractivity contribution in [3.8, 4) is 5.75 Å². The second-order valence-electron chi connectivity index (χ2n) is 3.32. The molecular weight excluding hydrogens is 299 g/mol. The molecule has 5 heteroatoms. The van der Waals surface area contributed by atoms with Crippen LogP contribution in [0.3, 0.4) is 0 Å². The molecule has 0 spiro atoms. The molecule has 0 heterocycles. The maximum Gasteiger partial charge on any atom is 0.129 e. The Morgan fingerprint density at radius 2 is 1.47 bits per heavy atom. The van der Waals surface area contributed by atoms with Crippen LogP contribution in [-0.4, -0.2) is 5.11 Å². The molecule has 0 fully saturated rings. The predicted molar refractivity (Wildman–Crippen MR) is 73.7 cm³/mol. The highest BCUT2D eigenvalue weighted by Gasteiger charge is 2.06. The highest BCUT2D eigenvalue weighted by Crippen LogP contribution is 2.37. The van der Waals surface area contributed by atoms with Crippen LogP contribution in [0, 0.1) is 0 Å². The van der Waals surface area contributed by atoms with E-state index in [-0.39, 0.29) is 5.75 Å². The normalized spacial score (nSPS) is 10.5. The van der Waals surface area contributed by atoms with Gasteiger partial charge < -0.3 is 5.11 Å². The number of aromatic hydroxyl groups is 1. The Kier molecular flexibility index (Phi) is 4.10. The molecule has 0 unspecified atom stereocenters. The Hall–Kier alpha value is -0.540. The first-order chi connectivity index (χ1) is 8.04. The van der Waals surface area contributed by atoms with Crippen LogP contribution >= 0.6 is 46.6 Å². The highest BCUT2D eigenvalue weighted by atomic mass is 35.5. The average Bonchev–Trinajstić information content (AvgIpc) is 2.22. The van der Waals surface area contributed by atoms with Crippen molar-refractivity contribution in [1.29, 1.82) is 0 Å². The van der Waals surface area contributed by atoms with Crippen molar-refractivity contribution < 1.29 is 5.11 Å². The van der Waals surface area contributed by atoms with E-state index in [0.29, 0.717) is 20.0 Å². The highest BCUT2D eigenvalue weighted by molar-refractivity contribution is 7.99. The van der Waals surface area contributed by atoms with E-state index in [1.165, 1.54) is 11.8 Å². The summed E-state index contributed by atoms with van der Waals surface area (Å²) < 4.78 is 0. The molecule has 0 aliphatic carbocycles. The van der Waals surface area contributed by atoms with Crippen molar-refractivity contribution in [2.75, 3.05) is 0 Å². The van der Waals surface area contributed by atoms with Gasteiger partial charge in [-0.15, -0.1) is 0 Å². The first-order valence-electron chi connectivity index (χ1n) is 4.67. The summed E-state index contributed by atoms with van der Waals surface area (Å²) in [6.07, 6.45) is 0. The number of phenolic OH excluding ortho intramolecular Hbond substituents is 1. The number of benzene rings is 2. The second kappa shape index (κ2) is 5.40. The summed E-state index contributed by atoms with van der Waals surface area (Å²) in [6, 6.07) is 10.1. The molecule has 0 saturated heterocycles. The van der Waals surface area contributed by atoms with Crippen molar-refractivity contribution in [2.24, 2.45) is 0 Å². The molecular formula is C12H7Cl3OS. The van der Waals surface area contributed by atoms with E-state index in [0.717, 1.165) is 4.90 Å². The molecule has 88 valence electrons. The van der Waals surface area contributed by atoms with Gasteiger partial charge in [0.05, 0.1) is 4.90 Å². The van der Waals surface area contributed by atoms with Gasteiger partial charge in [-0.25, -0.2) is 0 Å². The quantitative estimate of drug-likeness (QED) is 0.790. The Morgan fingerprint density at radius 3 is 2.12 bits per heavy atom. The van der Waals surface area contributed by atoms with Crippen LogP contribution in [0.2, 0.25) is 15.1 Å². The summed E-state index contributed by atoms with van der Waals surface area (Å²) >= 11 is 19.0. The van der Waals surface area contributed by atoms with E-state index in [4.69, 9.17) is 34.8 Å². The maximum absolute atomic E-state index is 9.69. The lowest BCUT2D eigenvalue weighted by molar-refractivity contribution is 0.462. The molecule has 2 aromatic carbocycles. The zero-order valence-electron chi connectivity index (χ0n) is 8.45. The molecule has 0 aromatic heterocycles. The standard InChI is InChI=1S/C12H7Cl3OS/c13-7-1-2-11(16)12(6-7)17-10-4-8(14)3-9(15)5-10/h1-6,16H. The van der Waals surface area contributed by atoms with Crippen LogP contribution < -0.4 is 0 Å². The topological polar surface area (TPSA) is 20.2 Å². The fraction of sp³-hybridized carbons (Fsp3) is 0. The van der Waals surface area contributed by atoms with Crippen LogP contribution in [0.5, 0.6) is 5.75 Å². The smallest absolute Gasteiger partial charge is 0.129 e. The second-order valence-corrected chi connectivity index (χ2v) is 5.74. The Balaban J connectivity index is 2.34. The lowest BCUT2D eigenvalue weighted by Gasteiger charge is -2.06. The lowest BCUT2D eigenvalue weighted by Crippen LogP contribution is -1.77. The fourth-order valence-corrected chi connectivity index (χ4v) is 3.16. The van der Waals surface area contributed by atoms with Gasteiger partial charge in [0.15, 0.2) is 0 Å². The number of rotatable bonds is 2. The van der Waals surface area contributed by atoms with Gasteiger partial charge in [-0.2, -0.15) is 0 Å². The number of phenols is 1. The van der Waals surface area contributed by atoms with Crippen molar-refractivity contribution in [2.45, 2.75) is 9.79 Å². The van der Waals surface area contributed by atoms with Gasteiger partial charge in [0, 0.05) is 20.0 Å². The monoisotopic (exact) mass is 304 g/mol. The van der Waals surface area contributed by atoms with Gasteiger partial charge >= 0.3 is 0 Å². The Labute approximate surface area is 118 Å². The van der Waals surface area contributed by atoms with E-state index in [1.54, 1.807) is 36.4 Å². The summed E-state index contributed by atoms with van der Waals surface area (Å²) in [5.41, 5.74) is 0. The molecule has 0 aliphatic heterocycles. The minimum Gasteiger partial charge on any atom is -0.507 e. The van der Waals surface area contributed by atoms with E-state index in [1.807, 2.05) is 0 Å². The number of hydrogen-bond donors (Lipinski definition) is 1. The summed E-state index contributed by atoms with van der Waals surface area (Å²) in [6.45, 7) is 0. The van der Waals surface area contributed by atoms with Crippen molar-refractivity contribution >= 4 is 46.6 Å². The third-order valence-corrected chi connectivity index (χ3v) is 3.68. The van der Waals surface area contributed by atoms with E-state index >= 15 is 0 Å². The minimum absolute atomic E-state index is 0.176. The Bertz CT molecular complexity index is 537. The summed E-state index contributed by atoms with van der Waals surface area (Å²) in [4.78, 5) is 1.51. The molecule has 2 rings (SSSR count). The molecule has 1 N–H and O–H groups in total. The molecule has 17 heavy (non-hydrogen) atoms. The van der Waals surface area contributed by atoms with E-state index in [2.05, 4.69) is 0 Å². The molecule has 0 atom stereocenters.